The van der Waals surface area contributed by atoms with Crippen LogP contribution in [0.2, 0.25) is 0 Å². The molecule has 1 aromatic rings. The summed E-state index contributed by atoms with van der Waals surface area (Å²) in [4.78, 5) is 0. The minimum Gasteiger partial charge on any atom is -0.364 e. The van der Waals surface area contributed by atoms with E-state index in [2.05, 4.69) is 6.92 Å². The number of hydrogen-bond acceptors (Lipinski definition) is 1. The van der Waals surface area contributed by atoms with Crippen molar-refractivity contribution in [1.29, 1.82) is 0 Å². The molecule has 146 valence electrons. The number of ether oxygens (including phenoxy) is 1. The summed E-state index contributed by atoms with van der Waals surface area (Å²) in [6, 6.07) is 3.27. The van der Waals surface area contributed by atoms with Crippen LogP contribution in [-0.4, -0.2) is 12.3 Å². The molecule has 2 aliphatic rings. The van der Waals surface area contributed by atoms with Gasteiger partial charge in [-0.1, -0.05) is 51.5 Å². The molecule has 0 N–H and O–H groups in total. The summed E-state index contributed by atoms with van der Waals surface area (Å²) in [7, 11) is 0. The molecule has 1 unspecified atom stereocenters. The number of benzene rings is 1. The smallest absolute Gasteiger partial charge is 0.364 e. The molecule has 1 nitrogen and oxygen atoms in total. The highest BCUT2D eigenvalue weighted by atomic mass is 19.4. The van der Waals surface area contributed by atoms with E-state index in [1.807, 2.05) is 6.07 Å². The zero-order valence-electron chi connectivity index (χ0n) is 15.4. The van der Waals surface area contributed by atoms with Crippen molar-refractivity contribution < 1.29 is 22.3 Å². The number of alkyl halides is 3. The van der Waals surface area contributed by atoms with E-state index < -0.39 is 24.5 Å². The summed E-state index contributed by atoms with van der Waals surface area (Å²) < 4.78 is 57.7. The van der Waals surface area contributed by atoms with E-state index >= 15 is 0 Å². The first kappa shape index (κ1) is 19.7. The number of aryl methyl sites for hydroxylation is 1. The molecule has 0 bridgehead atoms. The van der Waals surface area contributed by atoms with Crippen LogP contribution in [0.15, 0.2) is 12.1 Å². The first-order chi connectivity index (χ1) is 12.4. The number of halogens is 4. The van der Waals surface area contributed by atoms with Crippen LogP contribution in [0.5, 0.6) is 0 Å². The molecule has 1 aliphatic carbocycles. The van der Waals surface area contributed by atoms with Crippen molar-refractivity contribution in [1.82, 2.24) is 0 Å². The van der Waals surface area contributed by atoms with Crippen molar-refractivity contribution in [2.75, 3.05) is 0 Å². The van der Waals surface area contributed by atoms with E-state index in [0.717, 1.165) is 24.3 Å². The fourth-order valence-corrected chi connectivity index (χ4v) is 4.49. The summed E-state index contributed by atoms with van der Waals surface area (Å²) in [6.45, 7) is 2.07. The SMILES string of the molecule is CCCC1CCC(CCc2cc(F)c3c(c2)COC(C(F)(F)F)C3)CC1. The number of hydrogen-bond donors (Lipinski definition) is 0. The molecule has 26 heavy (non-hydrogen) atoms. The lowest BCUT2D eigenvalue weighted by atomic mass is 9.78. The Morgan fingerprint density at radius 2 is 1.69 bits per heavy atom. The summed E-state index contributed by atoms with van der Waals surface area (Å²) in [5, 5.41) is 0. The molecule has 1 atom stereocenters. The monoisotopic (exact) mass is 372 g/mol. The Morgan fingerprint density at radius 3 is 2.31 bits per heavy atom. The molecular formula is C21H28F4O. The van der Waals surface area contributed by atoms with Gasteiger partial charge in [-0.15, -0.1) is 0 Å². The van der Waals surface area contributed by atoms with Crippen LogP contribution in [0.4, 0.5) is 17.6 Å². The van der Waals surface area contributed by atoms with Crippen LogP contribution < -0.4 is 0 Å². The molecule has 1 saturated carbocycles. The predicted molar refractivity (Wildman–Crippen MR) is 93.4 cm³/mol. The van der Waals surface area contributed by atoms with Gasteiger partial charge >= 0.3 is 6.18 Å². The third kappa shape index (κ3) is 4.79. The fourth-order valence-electron chi connectivity index (χ4n) is 4.49. The van der Waals surface area contributed by atoms with Crippen molar-refractivity contribution in [3.8, 4) is 0 Å². The lowest BCUT2D eigenvalue weighted by Crippen LogP contribution is -2.37. The van der Waals surface area contributed by atoms with E-state index in [-0.39, 0.29) is 12.2 Å². The standard InChI is InChI=1S/C21H28F4O/c1-2-3-14-4-6-15(7-5-14)8-9-16-10-17-13-26-20(21(23,24)25)12-18(17)19(22)11-16/h10-11,14-15,20H,2-9,12-13H2,1H3. The Kier molecular flexibility index (Phi) is 6.26. The molecule has 1 aromatic carbocycles. The number of rotatable bonds is 5. The molecular weight excluding hydrogens is 344 g/mol. The van der Waals surface area contributed by atoms with E-state index in [0.29, 0.717) is 11.5 Å². The van der Waals surface area contributed by atoms with Gasteiger partial charge in [0.05, 0.1) is 6.61 Å². The maximum absolute atomic E-state index is 14.4. The first-order valence-corrected chi connectivity index (χ1v) is 9.85. The van der Waals surface area contributed by atoms with E-state index in [1.54, 1.807) is 0 Å². The van der Waals surface area contributed by atoms with Gasteiger partial charge in [0.2, 0.25) is 0 Å². The average molecular weight is 372 g/mol. The van der Waals surface area contributed by atoms with Crippen molar-refractivity contribution in [2.24, 2.45) is 11.8 Å². The molecule has 0 spiro atoms. The summed E-state index contributed by atoms with van der Waals surface area (Å²) in [5.74, 6) is 1.05. The molecule has 0 radical (unpaired) electrons. The van der Waals surface area contributed by atoms with E-state index in [9.17, 15) is 17.6 Å². The van der Waals surface area contributed by atoms with Gasteiger partial charge in [0.15, 0.2) is 6.10 Å². The molecule has 0 saturated heterocycles. The van der Waals surface area contributed by atoms with Crippen LogP contribution in [0.1, 0.15) is 68.6 Å². The highest BCUT2D eigenvalue weighted by molar-refractivity contribution is 5.35. The Labute approximate surface area is 153 Å². The lowest BCUT2D eigenvalue weighted by molar-refractivity contribution is -0.226. The first-order valence-electron chi connectivity index (χ1n) is 9.85. The van der Waals surface area contributed by atoms with E-state index in [4.69, 9.17) is 4.74 Å². The predicted octanol–water partition coefficient (Wildman–Crippen LogP) is 6.37. The second-order valence-corrected chi connectivity index (χ2v) is 7.97. The summed E-state index contributed by atoms with van der Waals surface area (Å²) in [6.07, 6.45) is 2.71. The fraction of sp³-hybridized carbons (Fsp3) is 0.714. The Hall–Kier alpha value is -1.10. The van der Waals surface area contributed by atoms with Crippen molar-refractivity contribution in [3.05, 3.63) is 34.6 Å². The Balaban J connectivity index is 1.57. The number of fused-ring (bicyclic) bond motifs is 1. The minimum atomic E-state index is -4.45. The molecule has 0 aromatic heterocycles. The molecule has 0 amide bonds. The van der Waals surface area contributed by atoms with Crippen LogP contribution >= 0.6 is 0 Å². The minimum absolute atomic E-state index is 0.160. The summed E-state index contributed by atoms with van der Waals surface area (Å²) in [5.41, 5.74) is 1.63. The average Bonchev–Trinajstić information content (AvgIpc) is 2.60. The highest BCUT2D eigenvalue weighted by Crippen LogP contribution is 2.35. The van der Waals surface area contributed by atoms with Gasteiger partial charge in [0.1, 0.15) is 5.82 Å². The van der Waals surface area contributed by atoms with E-state index in [1.165, 1.54) is 44.6 Å². The second-order valence-electron chi connectivity index (χ2n) is 7.97. The molecule has 1 fully saturated rings. The topological polar surface area (TPSA) is 9.23 Å². The second kappa shape index (κ2) is 8.28. The molecule has 1 heterocycles. The zero-order valence-corrected chi connectivity index (χ0v) is 15.4. The lowest BCUT2D eigenvalue weighted by Gasteiger charge is -2.29. The third-order valence-corrected chi connectivity index (χ3v) is 6.05. The van der Waals surface area contributed by atoms with Gasteiger partial charge in [-0.25, -0.2) is 4.39 Å². The van der Waals surface area contributed by atoms with Gasteiger partial charge in [0, 0.05) is 6.42 Å². The van der Waals surface area contributed by atoms with Crippen molar-refractivity contribution in [2.45, 2.75) is 83.6 Å². The molecule has 5 heteroatoms. The van der Waals surface area contributed by atoms with Crippen molar-refractivity contribution in [3.63, 3.8) is 0 Å². The van der Waals surface area contributed by atoms with Crippen molar-refractivity contribution >= 4 is 0 Å². The van der Waals surface area contributed by atoms with Gasteiger partial charge < -0.3 is 4.74 Å². The maximum atomic E-state index is 14.4. The Morgan fingerprint density at radius 1 is 1.04 bits per heavy atom. The largest absolute Gasteiger partial charge is 0.414 e. The third-order valence-electron chi connectivity index (χ3n) is 6.05. The normalized spacial score (nSPS) is 26.6. The molecule has 3 rings (SSSR count). The maximum Gasteiger partial charge on any atom is 0.414 e. The zero-order chi connectivity index (χ0) is 18.7. The quantitative estimate of drug-likeness (QED) is 0.546. The van der Waals surface area contributed by atoms with Gasteiger partial charge in [-0.3, -0.25) is 0 Å². The van der Waals surface area contributed by atoms with Crippen LogP contribution in [0.25, 0.3) is 0 Å². The van der Waals surface area contributed by atoms with Crippen LogP contribution in [-0.2, 0) is 24.2 Å². The van der Waals surface area contributed by atoms with Gasteiger partial charge in [-0.2, -0.15) is 13.2 Å². The van der Waals surface area contributed by atoms with Crippen LogP contribution in [0, 0.1) is 17.7 Å². The summed E-state index contributed by atoms with van der Waals surface area (Å²) >= 11 is 0. The van der Waals surface area contributed by atoms with Gasteiger partial charge in [-0.05, 0) is 47.4 Å². The highest BCUT2D eigenvalue weighted by Gasteiger charge is 2.43. The molecule has 1 aliphatic heterocycles. The van der Waals surface area contributed by atoms with Crippen LogP contribution in [0.3, 0.4) is 0 Å². The Bertz CT molecular complexity index is 603. The van der Waals surface area contributed by atoms with Gasteiger partial charge in [0.25, 0.3) is 0 Å².